The molecular formula is C14H14INO3. The lowest BCUT2D eigenvalue weighted by Gasteiger charge is -2.14. The van der Waals surface area contributed by atoms with Crippen molar-refractivity contribution < 1.29 is 14.2 Å². The molecule has 0 unspecified atom stereocenters. The van der Waals surface area contributed by atoms with Gasteiger partial charge in [0.1, 0.15) is 5.75 Å². The summed E-state index contributed by atoms with van der Waals surface area (Å²) in [6.45, 7) is 0. The Morgan fingerprint density at radius 2 is 1.58 bits per heavy atom. The number of benzene rings is 2. The van der Waals surface area contributed by atoms with Gasteiger partial charge >= 0.3 is 0 Å². The normalized spacial score (nSPS) is 10.1. The van der Waals surface area contributed by atoms with E-state index in [2.05, 4.69) is 22.6 Å². The summed E-state index contributed by atoms with van der Waals surface area (Å²) in [4.78, 5) is 0. The van der Waals surface area contributed by atoms with Gasteiger partial charge in [-0.1, -0.05) is 6.07 Å². The van der Waals surface area contributed by atoms with E-state index in [9.17, 15) is 0 Å². The summed E-state index contributed by atoms with van der Waals surface area (Å²) < 4.78 is 17.4. The first-order chi connectivity index (χ1) is 9.15. The summed E-state index contributed by atoms with van der Waals surface area (Å²) in [7, 11) is 3.19. The van der Waals surface area contributed by atoms with Gasteiger partial charge in [-0.25, -0.2) is 0 Å². The minimum atomic E-state index is 0.551. The minimum absolute atomic E-state index is 0.551. The molecule has 0 heterocycles. The molecule has 5 heteroatoms. The standard InChI is InChI=1S/C14H14INO3/c1-17-12-4-3-5-13(18-2)14(12)19-11-7-6-9(16)8-10(11)15/h3-8H,16H2,1-2H3. The highest BCUT2D eigenvalue weighted by Gasteiger charge is 2.13. The topological polar surface area (TPSA) is 53.7 Å². The number of rotatable bonds is 4. The van der Waals surface area contributed by atoms with Crippen LogP contribution in [0.15, 0.2) is 36.4 Å². The van der Waals surface area contributed by atoms with Crippen LogP contribution in [0.2, 0.25) is 0 Å². The second-order valence-electron chi connectivity index (χ2n) is 3.78. The third-order valence-corrected chi connectivity index (χ3v) is 3.39. The van der Waals surface area contributed by atoms with Crippen molar-refractivity contribution in [1.82, 2.24) is 0 Å². The molecule has 2 aromatic carbocycles. The Labute approximate surface area is 125 Å². The van der Waals surface area contributed by atoms with Crippen LogP contribution in [0.4, 0.5) is 5.69 Å². The SMILES string of the molecule is COc1cccc(OC)c1Oc1ccc(N)cc1I. The van der Waals surface area contributed by atoms with Crippen molar-refractivity contribution >= 4 is 28.3 Å². The number of ether oxygens (including phenoxy) is 3. The van der Waals surface area contributed by atoms with Crippen molar-refractivity contribution in [1.29, 1.82) is 0 Å². The van der Waals surface area contributed by atoms with Crippen molar-refractivity contribution in [2.45, 2.75) is 0 Å². The van der Waals surface area contributed by atoms with Crippen LogP contribution in [0.3, 0.4) is 0 Å². The van der Waals surface area contributed by atoms with Crippen LogP contribution < -0.4 is 19.9 Å². The first-order valence-corrected chi connectivity index (χ1v) is 6.67. The molecule has 0 aliphatic heterocycles. The van der Waals surface area contributed by atoms with E-state index in [0.29, 0.717) is 28.7 Å². The van der Waals surface area contributed by atoms with E-state index in [4.69, 9.17) is 19.9 Å². The maximum atomic E-state index is 5.90. The molecule has 0 bridgehead atoms. The van der Waals surface area contributed by atoms with Gasteiger partial charge in [0.05, 0.1) is 17.8 Å². The molecule has 0 saturated heterocycles. The van der Waals surface area contributed by atoms with Gasteiger partial charge in [-0.3, -0.25) is 0 Å². The zero-order chi connectivity index (χ0) is 13.8. The molecule has 0 spiro atoms. The summed E-state index contributed by atoms with van der Waals surface area (Å²) in [5, 5.41) is 0. The Hall–Kier alpha value is -1.63. The molecule has 0 amide bonds. The fourth-order valence-electron chi connectivity index (χ4n) is 1.63. The van der Waals surface area contributed by atoms with Gasteiger partial charge in [0.25, 0.3) is 0 Å². The number of nitrogens with two attached hydrogens (primary N) is 1. The van der Waals surface area contributed by atoms with Crippen molar-refractivity contribution in [3.05, 3.63) is 40.0 Å². The van der Waals surface area contributed by atoms with Crippen molar-refractivity contribution in [2.75, 3.05) is 20.0 Å². The first-order valence-electron chi connectivity index (χ1n) is 5.59. The number of hydrogen-bond acceptors (Lipinski definition) is 4. The number of anilines is 1. The number of para-hydroxylation sites is 1. The molecule has 0 atom stereocenters. The van der Waals surface area contributed by atoms with E-state index in [1.165, 1.54) is 0 Å². The van der Waals surface area contributed by atoms with Gasteiger partial charge in [0.15, 0.2) is 11.5 Å². The van der Waals surface area contributed by atoms with E-state index in [1.54, 1.807) is 20.3 Å². The Morgan fingerprint density at radius 3 is 2.11 bits per heavy atom. The van der Waals surface area contributed by atoms with E-state index in [1.807, 2.05) is 30.3 Å². The summed E-state index contributed by atoms with van der Waals surface area (Å²) >= 11 is 2.17. The van der Waals surface area contributed by atoms with E-state index >= 15 is 0 Å². The van der Waals surface area contributed by atoms with Crippen LogP contribution in [0, 0.1) is 3.57 Å². The molecule has 2 aromatic rings. The molecule has 2 N–H and O–H groups in total. The van der Waals surface area contributed by atoms with Crippen LogP contribution >= 0.6 is 22.6 Å². The second kappa shape index (κ2) is 6.01. The fourth-order valence-corrected chi connectivity index (χ4v) is 2.28. The van der Waals surface area contributed by atoms with Crippen LogP contribution in [0.5, 0.6) is 23.0 Å². The Bertz CT molecular complexity index is 565. The number of halogens is 1. The highest BCUT2D eigenvalue weighted by molar-refractivity contribution is 14.1. The maximum Gasteiger partial charge on any atom is 0.211 e. The number of methoxy groups -OCH3 is 2. The first kappa shape index (κ1) is 13.8. The summed E-state index contributed by atoms with van der Waals surface area (Å²) in [5.41, 5.74) is 6.42. The quantitative estimate of drug-likeness (QED) is 0.658. The molecule has 0 aliphatic rings. The highest BCUT2D eigenvalue weighted by Crippen LogP contribution is 2.41. The Kier molecular flexibility index (Phi) is 4.36. The predicted octanol–water partition coefficient (Wildman–Crippen LogP) is 3.68. The zero-order valence-corrected chi connectivity index (χ0v) is 12.8. The van der Waals surface area contributed by atoms with Gasteiger partial charge in [-0.2, -0.15) is 0 Å². The minimum Gasteiger partial charge on any atom is -0.493 e. The molecule has 4 nitrogen and oxygen atoms in total. The third kappa shape index (κ3) is 3.04. The summed E-state index contributed by atoms with van der Waals surface area (Å²) in [6.07, 6.45) is 0. The van der Waals surface area contributed by atoms with Gasteiger partial charge in [0.2, 0.25) is 5.75 Å². The molecular weight excluding hydrogens is 357 g/mol. The van der Waals surface area contributed by atoms with Gasteiger partial charge < -0.3 is 19.9 Å². The average Bonchev–Trinajstić information content (AvgIpc) is 2.42. The summed E-state index contributed by atoms with van der Waals surface area (Å²) in [6, 6.07) is 10.9. The molecule has 0 fully saturated rings. The van der Waals surface area contributed by atoms with Crippen molar-refractivity contribution in [2.24, 2.45) is 0 Å². The third-order valence-electron chi connectivity index (χ3n) is 2.55. The fraction of sp³-hybridized carbons (Fsp3) is 0.143. The van der Waals surface area contributed by atoms with Gasteiger partial charge in [-0.05, 0) is 52.9 Å². The maximum absolute atomic E-state index is 5.90. The summed E-state index contributed by atoms with van der Waals surface area (Å²) in [5.74, 6) is 2.49. The lowest BCUT2D eigenvalue weighted by Crippen LogP contribution is -1.96. The highest BCUT2D eigenvalue weighted by atomic mass is 127. The van der Waals surface area contributed by atoms with Crippen molar-refractivity contribution in [3.63, 3.8) is 0 Å². The van der Waals surface area contributed by atoms with Crippen molar-refractivity contribution in [3.8, 4) is 23.0 Å². The van der Waals surface area contributed by atoms with Gasteiger partial charge in [-0.15, -0.1) is 0 Å². The molecule has 0 saturated carbocycles. The Balaban J connectivity index is 2.42. The monoisotopic (exact) mass is 371 g/mol. The smallest absolute Gasteiger partial charge is 0.211 e. The predicted molar refractivity (Wildman–Crippen MR) is 83.2 cm³/mol. The molecule has 100 valence electrons. The molecule has 0 radical (unpaired) electrons. The largest absolute Gasteiger partial charge is 0.493 e. The molecule has 0 aliphatic carbocycles. The van der Waals surface area contributed by atoms with Crippen LogP contribution in [0.1, 0.15) is 0 Å². The second-order valence-corrected chi connectivity index (χ2v) is 4.95. The van der Waals surface area contributed by atoms with Crippen LogP contribution in [-0.4, -0.2) is 14.2 Å². The Morgan fingerprint density at radius 1 is 0.947 bits per heavy atom. The van der Waals surface area contributed by atoms with E-state index < -0.39 is 0 Å². The lowest BCUT2D eigenvalue weighted by molar-refractivity contribution is 0.345. The lowest BCUT2D eigenvalue weighted by atomic mass is 10.2. The van der Waals surface area contributed by atoms with Crippen LogP contribution in [-0.2, 0) is 0 Å². The van der Waals surface area contributed by atoms with Gasteiger partial charge in [0, 0.05) is 5.69 Å². The molecule has 0 aromatic heterocycles. The molecule has 2 rings (SSSR count). The number of nitrogen functional groups attached to an aromatic ring is 1. The average molecular weight is 371 g/mol. The number of hydrogen-bond donors (Lipinski definition) is 1. The van der Waals surface area contributed by atoms with E-state index in [-0.39, 0.29) is 0 Å². The van der Waals surface area contributed by atoms with E-state index in [0.717, 1.165) is 3.57 Å². The molecule has 19 heavy (non-hydrogen) atoms. The van der Waals surface area contributed by atoms with Crippen LogP contribution in [0.25, 0.3) is 0 Å². The zero-order valence-electron chi connectivity index (χ0n) is 10.6.